The lowest BCUT2D eigenvalue weighted by Crippen LogP contribution is -1.86. The monoisotopic (exact) mass is 266 g/mol. The van der Waals surface area contributed by atoms with E-state index >= 15 is 0 Å². The minimum Gasteiger partial charge on any atom is -0.457 e. The van der Waals surface area contributed by atoms with Gasteiger partial charge in [0.2, 0.25) is 0 Å². The third-order valence-corrected chi connectivity index (χ3v) is 3.17. The van der Waals surface area contributed by atoms with Crippen molar-refractivity contribution < 1.29 is 4.74 Å². The van der Waals surface area contributed by atoms with Crippen LogP contribution in [-0.2, 0) is 6.42 Å². The lowest BCUT2D eigenvalue weighted by Gasteiger charge is -2.07. The number of hydrogen-bond donors (Lipinski definition) is 0. The molecule has 0 atom stereocenters. The van der Waals surface area contributed by atoms with Gasteiger partial charge in [0, 0.05) is 6.07 Å². The van der Waals surface area contributed by atoms with E-state index in [9.17, 15) is 0 Å². The van der Waals surface area contributed by atoms with Crippen LogP contribution >= 0.6 is 23.2 Å². The Labute approximate surface area is 111 Å². The van der Waals surface area contributed by atoms with E-state index in [4.69, 9.17) is 27.9 Å². The average Bonchev–Trinajstić information content (AvgIpc) is 2.34. The number of ether oxygens (including phenoxy) is 1. The van der Waals surface area contributed by atoms with Crippen LogP contribution in [0.1, 0.15) is 12.5 Å². The molecular formula is C14H12Cl2O. The maximum Gasteiger partial charge on any atom is 0.129 e. The summed E-state index contributed by atoms with van der Waals surface area (Å²) in [7, 11) is 0. The lowest BCUT2D eigenvalue weighted by molar-refractivity contribution is 0.482. The minimum absolute atomic E-state index is 0.496. The van der Waals surface area contributed by atoms with E-state index in [2.05, 4.69) is 13.0 Å². The molecule has 88 valence electrons. The molecule has 0 radical (unpaired) electrons. The molecule has 0 bridgehead atoms. The second kappa shape index (κ2) is 5.44. The second-order valence-electron chi connectivity index (χ2n) is 3.68. The van der Waals surface area contributed by atoms with E-state index in [1.165, 1.54) is 5.56 Å². The molecular weight excluding hydrogens is 255 g/mol. The lowest BCUT2D eigenvalue weighted by atomic mass is 10.2. The first-order valence-electron chi connectivity index (χ1n) is 5.41. The fraction of sp³-hybridized carbons (Fsp3) is 0.143. The molecule has 0 aliphatic heterocycles. The van der Waals surface area contributed by atoms with Crippen LogP contribution in [0.2, 0.25) is 10.0 Å². The fourth-order valence-corrected chi connectivity index (χ4v) is 1.79. The molecule has 0 fully saturated rings. The molecule has 2 aromatic carbocycles. The summed E-state index contributed by atoms with van der Waals surface area (Å²) in [6.07, 6.45) is 0.985. The van der Waals surface area contributed by atoms with E-state index in [-0.39, 0.29) is 0 Å². The molecule has 0 heterocycles. The van der Waals surface area contributed by atoms with Crippen molar-refractivity contribution in [1.29, 1.82) is 0 Å². The van der Waals surface area contributed by atoms with E-state index in [0.717, 1.165) is 12.2 Å². The maximum absolute atomic E-state index is 5.93. The summed E-state index contributed by atoms with van der Waals surface area (Å²) in [6.45, 7) is 2.11. The zero-order chi connectivity index (χ0) is 12.3. The first-order chi connectivity index (χ1) is 8.19. The molecule has 0 spiro atoms. The van der Waals surface area contributed by atoms with Crippen LogP contribution in [-0.4, -0.2) is 0 Å². The highest BCUT2D eigenvalue weighted by molar-refractivity contribution is 6.42. The van der Waals surface area contributed by atoms with Crippen LogP contribution in [0.5, 0.6) is 11.5 Å². The molecule has 1 nitrogen and oxygen atoms in total. The number of halogens is 2. The molecule has 0 saturated heterocycles. The van der Waals surface area contributed by atoms with Crippen molar-refractivity contribution in [3.63, 3.8) is 0 Å². The summed E-state index contributed by atoms with van der Waals surface area (Å²) in [6, 6.07) is 13.2. The SMILES string of the molecule is CCc1cccc(Oc2ccc(Cl)c(Cl)c2)c1. The first kappa shape index (κ1) is 12.3. The summed E-state index contributed by atoms with van der Waals surface area (Å²) in [5.74, 6) is 1.50. The van der Waals surface area contributed by atoms with Crippen LogP contribution in [0.4, 0.5) is 0 Å². The van der Waals surface area contributed by atoms with Crippen molar-refractivity contribution in [2.45, 2.75) is 13.3 Å². The smallest absolute Gasteiger partial charge is 0.129 e. The predicted molar refractivity (Wildman–Crippen MR) is 72.4 cm³/mol. The van der Waals surface area contributed by atoms with Gasteiger partial charge in [-0.2, -0.15) is 0 Å². The van der Waals surface area contributed by atoms with Gasteiger partial charge >= 0.3 is 0 Å². The molecule has 2 aromatic rings. The first-order valence-corrected chi connectivity index (χ1v) is 6.16. The molecule has 0 aliphatic rings. The van der Waals surface area contributed by atoms with Gasteiger partial charge in [-0.1, -0.05) is 42.3 Å². The van der Waals surface area contributed by atoms with Crippen LogP contribution in [0.15, 0.2) is 42.5 Å². The number of aryl methyl sites for hydroxylation is 1. The largest absolute Gasteiger partial charge is 0.457 e. The molecule has 0 amide bonds. The summed E-state index contributed by atoms with van der Waals surface area (Å²) >= 11 is 11.8. The van der Waals surface area contributed by atoms with Gasteiger partial charge in [-0.25, -0.2) is 0 Å². The molecule has 0 N–H and O–H groups in total. The topological polar surface area (TPSA) is 9.23 Å². The Morgan fingerprint density at radius 2 is 1.71 bits per heavy atom. The highest BCUT2D eigenvalue weighted by atomic mass is 35.5. The molecule has 0 aromatic heterocycles. The van der Waals surface area contributed by atoms with Crippen LogP contribution in [0, 0.1) is 0 Å². The number of rotatable bonds is 3. The third kappa shape index (κ3) is 3.15. The molecule has 3 heteroatoms. The van der Waals surface area contributed by atoms with Gasteiger partial charge in [-0.05, 0) is 36.2 Å². The third-order valence-electron chi connectivity index (χ3n) is 2.43. The van der Waals surface area contributed by atoms with Gasteiger partial charge in [0.25, 0.3) is 0 Å². The highest BCUT2D eigenvalue weighted by Crippen LogP contribution is 2.29. The molecule has 0 aliphatic carbocycles. The van der Waals surface area contributed by atoms with Crippen molar-refractivity contribution in [2.75, 3.05) is 0 Å². The minimum atomic E-state index is 0.496. The van der Waals surface area contributed by atoms with Gasteiger partial charge in [-0.15, -0.1) is 0 Å². The van der Waals surface area contributed by atoms with Crippen molar-refractivity contribution in [3.8, 4) is 11.5 Å². The summed E-state index contributed by atoms with van der Waals surface area (Å²) in [4.78, 5) is 0. The number of benzene rings is 2. The predicted octanol–water partition coefficient (Wildman–Crippen LogP) is 5.35. The number of hydrogen-bond acceptors (Lipinski definition) is 1. The standard InChI is InChI=1S/C14H12Cl2O/c1-2-10-4-3-5-11(8-10)17-12-6-7-13(15)14(16)9-12/h3-9H,2H2,1H3. The Hall–Kier alpha value is -1.18. The van der Waals surface area contributed by atoms with E-state index in [1.807, 2.05) is 18.2 Å². The highest BCUT2D eigenvalue weighted by Gasteiger charge is 2.02. The Kier molecular flexibility index (Phi) is 3.93. The van der Waals surface area contributed by atoms with Crippen molar-refractivity contribution in [3.05, 3.63) is 58.1 Å². The van der Waals surface area contributed by atoms with Crippen LogP contribution in [0.3, 0.4) is 0 Å². The Morgan fingerprint density at radius 3 is 2.41 bits per heavy atom. The molecule has 0 saturated carbocycles. The zero-order valence-electron chi connectivity index (χ0n) is 9.41. The van der Waals surface area contributed by atoms with Crippen LogP contribution < -0.4 is 4.74 Å². The second-order valence-corrected chi connectivity index (χ2v) is 4.49. The quantitative estimate of drug-likeness (QED) is 0.728. The summed E-state index contributed by atoms with van der Waals surface area (Å²) < 4.78 is 5.71. The van der Waals surface area contributed by atoms with Crippen molar-refractivity contribution in [2.24, 2.45) is 0 Å². The molecule has 17 heavy (non-hydrogen) atoms. The van der Waals surface area contributed by atoms with E-state index < -0.39 is 0 Å². The van der Waals surface area contributed by atoms with Gasteiger partial charge < -0.3 is 4.74 Å². The summed E-state index contributed by atoms with van der Waals surface area (Å²) in [5.41, 5.74) is 1.24. The van der Waals surface area contributed by atoms with E-state index in [0.29, 0.717) is 15.8 Å². The van der Waals surface area contributed by atoms with Gasteiger partial charge in [0.05, 0.1) is 10.0 Å². The Morgan fingerprint density at radius 1 is 0.941 bits per heavy atom. The zero-order valence-corrected chi connectivity index (χ0v) is 10.9. The van der Waals surface area contributed by atoms with Crippen LogP contribution in [0.25, 0.3) is 0 Å². The average molecular weight is 267 g/mol. The maximum atomic E-state index is 5.93. The van der Waals surface area contributed by atoms with Crippen molar-refractivity contribution >= 4 is 23.2 Å². The van der Waals surface area contributed by atoms with Gasteiger partial charge in [0.1, 0.15) is 11.5 Å². The van der Waals surface area contributed by atoms with Crippen molar-refractivity contribution in [1.82, 2.24) is 0 Å². The molecule has 2 rings (SSSR count). The van der Waals surface area contributed by atoms with Gasteiger partial charge in [-0.3, -0.25) is 0 Å². The van der Waals surface area contributed by atoms with E-state index in [1.54, 1.807) is 18.2 Å². The normalized spacial score (nSPS) is 10.3. The Balaban J connectivity index is 2.22. The molecule has 0 unspecified atom stereocenters. The Bertz CT molecular complexity index is 523. The summed E-state index contributed by atoms with van der Waals surface area (Å²) in [5, 5.41) is 1.03. The fourth-order valence-electron chi connectivity index (χ4n) is 1.51. The van der Waals surface area contributed by atoms with Gasteiger partial charge in [0.15, 0.2) is 0 Å².